The first-order chi connectivity index (χ1) is 6.52. The Morgan fingerprint density at radius 2 is 2.14 bits per heavy atom. The number of carboxylic acids is 1. The molecule has 0 aromatic heterocycles. The number of hydrogen-bond donors (Lipinski definition) is 2. The smallest absolute Gasteiger partial charge is 0.339 e. The van der Waals surface area contributed by atoms with Crippen LogP contribution in [0.1, 0.15) is 10.4 Å². The van der Waals surface area contributed by atoms with Crippen molar-refractivity contribution in [2.45, 2.75) is 0 Å². The first-order valence-electron chi connectivity index (χ1n) is 3.98. The normalized spacial score (nSPS) is 10.3. The third-order valence-corrected chi connectivity index (χ3v) is 1.89. The lowest BCUT2D eigenvalue weighted by Gasteiger charge is -2.15. The van der Waals surface area contributed by atoms with Crippen LogP contribution < -0.4 is 5.43 Å². The van der Waals surface area contributed by atoms with Gasteiger partial charge in [-0.15, -0.1) is 0 Å². The number of hydrazine groups is 1. The fourth-order valence-corrected chi connectivity index (χ4v) is 1.33. The Kier molecular flexibility index (Phi) is 3.33. The van der Waals surface area contributed by atoms with Crippen molar-refractivity contribution in [3.8, 4) is 0 Å². The van der Waals surface area contributed by atoms with Crippen LogP contribution in [0.15, 0.2) is 18.2 Å². The number of rotatable bonds is 3. The van der Waals surface area contributed by atoms with Crippen molar-refractivity contribution in [3.05, 3.63) is 28.8 Å². The lowest BCUT2D eigenvalue weighted by atomic mass is 10.2. The highest BCUT2D eigenvalue weighted by atomic mass is 35.5. The molecule has 0 fully saturated rings. The first-order valence-corrected chi connectivity index (χ1v) is 4.36. The van der Waals surface area contributed by atoms with Gasteiger partial charge in [0.25, 0.3) is 0 Å². The zero-order chi connectivity index (χ0) is 10.7. The van der Waals surface area contributed by atoms with Gasteiger partial charge in [0.1, 0.15) is 5.56 Å². The van der Waals surface area contributed by atoms with Crippen molar-refractivity contribution in [2.24, 2.45) is 0 Å². The minimum atomic E-state index is -1.04. The van der Waals surface area contributed by atoms with E-state index in [4.69, 9.17) is 16.7 Å². The second-order valence-corrected chi connectivity index (χ2v) is 3.38. The van der Waals surface area contributed by atoms with Crippen LogP contribution in [0.25, 0.3) is 0 Å². The summed E-state index contributed by atoms with van der Waals surface area (Å²) in [6.45, 7) is 0. The molecule has 76 valence electrons. The van der Waals surface area contributed by atoms with Gasteiger partial charge in [0.2, 0.25) is 0 Å². The van der Waals surface area contributed by atoms with Crippen molar-refractivity contribution in [1.29, 1.82) is 0 Å². The highest BCUT2D eigenvalue weighted by Gasteiger charge is 2.14. The number of carbonyl (C=O) groups is 1. The summed E-state index contributed by atoms with van der Waals surface area (Å²) >= 11 is 5.77. The second kappa shape index (κ2) is 4.30. The molecule has 1 aromatic carbocycles. The van der Waals surface area contributed by atoms with E-state index in [2.05, 4.69) is 5.43 Å². The third kappa shape index (κ3) is 2.37. The first kappa shape index (κ1) is 10.8. The molecule has 1 aromatic rings. The summed E-state index contributed by atoms with van der Waals surface area (Å²) in [5.41, 5.74) is 3.43. The maximum Gasteiger partial charge on any atom is 0.339 e. The van der Waals surface area contributed by atoms with Crippen molar-refractivity contribution >= 4 is 23.3 Å². The molecule has 0 spiro atoms. The molecule has 0 radical (unpaired) electrons. The van der Waals surface area contributed by atoms with Crippen LogP contribution in [0.2, 0.25) is 5.02 Å². The van der Waals surface area contributed by atoms with E-state index in [0.717, 1.165) is 0 Å². The summed E-state index contributed by atoms with van der Waals surface area (Å²) in [6.07, 6.45) is 0. The maximum absolute atomic E-state index is 10.9. The van der Waals surface area contributed by atoms with E-state index < -0.39 is 5.97 Å². The Hall–Kier alpha value is -1.26. The van der Waals surface area contributed by atoms with Gasteiger partial charge in [-0.1, -0.05) is 17.7 Å². The van der Waals surface area contributed by atoms with Crippen LogP contribution in [-0.2, 0) is 0 Å². The van der Waals surface area contributed by atoms with Gasteiger partial charge in [-0.25, -0.2) is 9.80 Å². The van der Waals surface area contributed by atoms with Crippen LogP contribution >= 0.6 is 11.6 Å². The summed E-state index contributed by atoms with van der Waals surface area (Å²) in [5, 5.41) is 10.8. The number of carboxylic acid groups (broad SMARTS) is 1. The van der Waals surface area contributed by atoms with E-state index in [1.165, 1.54) is 0 Å². The number of benzene rings is 1. The van der Waals surface area contributed by atoms with Crippen LogP contribution in [-0.4, -0.2) is 30.2 Å². The zero-order valence-electron chi connectivity index (χ0n) is 7.91. The Bertz CT molecular complexity index is 353. The number of halogens is 1. The molecule has 0 aliphatic rings. The van der Waals surface area contributed by atoms with Gasteiger partial charge in [-0.05, 0) is 12.1 Å². The van der Waals surface area contributed by atoms with Crippen LogP contribution in [0.4, 0.5) is 5.69 Å². The Labute approximate surface area is 87.1 Å². The topological polar surface area (TPSA) is 52.6 Å². The van der Waals surface area contributed by atoms with E-state index in [1.54, 1.807) is 37.3 Å². The standard InChI is InChI=1S/C9H11ClN2O2/c1-12(2)11-7-5-3-4-6(10)8(7)9(13)14/h3-5,11H,1-2H3,(H,13,14). The van der Waals surface area contributed by atoms with Gasteiger partial charge in [0, 0.05) is 14.1 Å². The molecule has 0 unspecified atom stereocenters. The van der Waals surface area contributed by atoms with E-state index in [-0.39, 0.29) is 10.6 Å². The Morgan fingerprint density at radius 1 is 1.50 bits per heavy atom. The average Bonchev–Trinajstić information content (AvgIpc) is 2.01. The molecule has 0 heterocycles. The predicted molar refractivity (Wildman–Crippen MR) is 55.7 cm³/mol. The highest BCUT2D eigenvalue weighted by Crippen LogP contribution is 2.24. The molecule has 4 nitrogen and oxygen atoms in total. The SMILES string of the molecule is CN(C)Nc1cccc(Cl)c1C(=O)O. The average molecular weight is 215 g/mol. The fourth-order valence-electron chi connectivity index (χ4n) is 1.08. The largest absolute Gasteiger partial charge is 0.478 e. The van der Waals surface area contributed by atoms with Gasteiger partial charge in [-0.3, -0.25) is 0 Å². The molecular formula is C9H11ClN2O2. The van der Waals surface area contributed by atoms with Gasteiger partial charge in [0.15, 0.2) is 0 Å². The lowest BCUT2D eigenvalue weighted by molar-refractivity contribution is 0.0698. The predicted octanol–water partition coefficient (Wildman–Crippen LogP) is 1.93. The van der Waals surface area contributed by atoms with Gasteiger partial charge < -0.3 is 10.5 Å². The van der Waals surface area contributed by atoms with Crippen LogP contribution in [0.5, 0.6) is 0 Å². The molecule has 2 N–H and O–H groups in total. The quantitative estimate of drug-likeness (QED) is 0.755. The van der Waals surface area contributed by atoms with Crippen LogP contribution in [0.3, 0.4) is 0 Å². The van der Waals surface area contributed by atoms with Crippen molar-refractivity contribution in [1.82, 2.24) is 5.01 Å². The van der Waals surface area contributed by atoms with E-state index in [1.807, 2.05) is 0 Å². The monoisotopic (exact) mass is 214 g/mol. The Balaban J connectivity index is 3.14. The summed E-state index contributed by atoms with van der Waals surface area (Å²) < 4.78 is 0. The summed E-state index contributed by atoms with van der Waals surface area (Å²) in [4.78, 5) is 10.9. The molecule has 5 heteroatoms. The maximum atomic E-state index is 10.9. The minimum Gasteiger partial charge on any atom is -0.478 e. The van der Waals surface area contributed by atoms with Crippen molar-refractivity contribution in [3.63, 3.8) is 0 Å². The molecule has 0 saturated heterocycles. The zero-order valence-corrected chi connectivity index (χ0v) is 8.67. The van der Waals surface area contributed by atoms with Gasteiger partial charge >= 0.3 is 5.97 Å². The molecule has 0 aliphatic heterocycles. The number of hydrogen-bond acceptors (Lipinski definition) is 3. The van der Waals surface area contributed by atoms with Crippen molar-refractivity contribution < 1.29 is 9.90 Å². The molecule has 0 saturated carbocycles. The van der Waals surface area contributed by atoms with E-state index in [9.17, 15) is 4.79 Å². The number of aromatic carboxylic acids is 1. The summed E-state index contributed by atoms with van der Waals surface area (Å²) in [5.74, 6) is -1.04. The number of nitrogens with zero attached hydrogens (tertiary/aromatic N) is 1. The molecule has 0 amide bonds. The van der Waals surface area contributed by atoms with Gasteiger partial charge in [-0.2, -0.15) is 0 Å². The minimum absolute atomic E-state index is 0.0860. The van der Waals surface area contributed by atoms with E-state index >= 15 is 0 Å². The van der Waals surface area contributed by atoms with E-state index in [0.29, 0.717) is 5.69 Å². The lowest BCUT2D eigenvalue weighted by Crippen LogP contribution is -2.21. The molecule has 1 rings (SSSR count). The molecule has 0 atom stereocenters. The number of nitrogens with one attached hydrogen (secondary N) is 1. The highest BCUT2D eigenvalue weighted by molar-refractivity contribution is 6.34. The molecule has 14 heavy (non-hydrogen) atoms. The number of anilines is 1. The van der Waals surface area contributed by atoms with Crippen molar-refractivity contribution in [2.75, 3.05) is 19.5 Å². The molecule has 0 aliphatic carbocycles. The van der Waals surface area contributed by atoms with Gasteiger partial charge in [0.05, 0.1) is 10.7 Å². The molecule has 0 bridgehead atoms. The van der Waals surface area contributed by atoms with Crippen LogP contribution in [0, 0.1) is 0 Å². The second-order valence-electron chi connectivity index (χ2n) is 2.97. The summed E-state index contributed by atoms with van der Waals surface area (Å²) in [7, 11) is 3.54. The fraction of sp³-hybridized carbons (Fsp3) is 0.222. The molecular weight excluding hydrogens is 204 g/mol. The third-order valence-electron chi connectivity index (χ3n) is 1.57. The Morgan fingerprint density at radius 3 is 2.64 bits per heavy atom. The summed E-state index contributed by atoms with van der Waals surface area (Å²) in [6, 6.07) is 4.90.